The minimum atomic E-state index is -0.904. The zero-order chi connectivity index (χ0) is 23.6. The van der Waals surface area contributed by atoms with Crippen LogP contribution in [0.4, 0.5) is 20.2 Å². The van der Waals surface area contributed by atoms with E-state index in [0.29, 0.717) is 46.3 Å². The van der Waals surface area contributed by atoms with Crippen molar-refractivity contribution in [2.45, 2.75) is 44.3 Å². The number of anilines is 2. The Kier molecular flexibility index (Phi) is 5.11. The van der Waals surface area contributed by atoms with Crippen molar-refractivity contribution >= 4 is 38.8 Å². The minimum Gasteiger partial charge on any atom is -0.491 e. The molecule has 0 aliphatic carbocycles. The summed E-state index contributed by atoms with van der Waals surface area (Å²) in [7, 11) is 0. The van der Waals surface area contributed by atoms with Gasteiger partial charge in [-0.15, -0.1) is 11.3 Å². The molecule has 2 fully saturated rings. The van der Waals surface area contributed by atoms with Crippen molar-refractivity contribution in [2.24, 2.45) is 0 Å². The van der Waals surface area contributed by atoms with Gasteiger partial charge in [0.05, 0.1) is 17.4 Å². The van der Waals surface area contributed by atoms with Gasteiger partial charge in [0, 0.05) is 54.3 Å². The Balaban J connectivity index is 1.22. The van der Waals surface area contributed by atoms with Crippen molar-refractivity contribution in [3.8, 4) is 5.75 Å². The molecule has 2 aromatic heterocycles. The number of rotatable bonds is 3. The molecule has 6 rings (SSSR count). The summed E-state index contributed by atoms with van der Waals surface area (Å²) in [4.78, 5) is 20.3. The second-order valence-electron chi connectivity index (χ2n) is 9.38. The SMILES string of the molecule is Cc1ccc2c(N)c(C(=O)N[C@@H]3COc4cc(N5CC6CCC(C5)N6)c(F)c(F)c4C3)sc2n1. The highest BCUT2D eigenvalue weighted by Crippen LogP contribution is 2.37. The molecule has 3 atom stereocenters. The smallest absolute Gasteiger partial charge is 0.263 e. The Morgan fingerprint density at radius 3 is 2.79 bits per heavy atom. The number of piperazine rings is 1. The molecule has 10 heteroatoms. The first kappa shape index (κ1) is 21.5. The van der Waals surface area contributed by atoms with Crippen molar-refractivity contribution in [2.75, 3.05) is 30.3 Å². The largest absolute Gasteiger partial charge is 0.491 e. The Morgan fingerprint density at radius 2 is 2.03 bits per heavy atom. The van der Waals surface area contributed by atoms with E-state index in [-0.39, 0.29) is 30.2 Å². The number of aryl methyl sites for hydroxylation is 1. The average Bonchev–Trinajstić information content (AvgIpc) is 3.33. The van der Waals surface area contributed by atoms with Crippen molar-refractivity contribution in [3.63, 3.8) is 0 Å². The minimum absolute atomic E-state index is 0.138. The third kappa shape index (κ3) is 3.56. The number of ether oxygens (including phenoxy) is 1. The fraction of sp³-hybridized carbons (Fsp3) is 0.417. The molecule has 2 unspecified atom stereocenters. The van der Waals surface area contributed by atoms with Gasteiger partial charge in [-0.1, -0.05) is 0 Å². The first-order valence-corrected chi connectivity index (χ1v) is 12.3. The number of hydrogen-bond donors (Lipinski definition) is 3. The second kappa shape index (κ2) is 8.06. The third-order valence-corrected chi connectivity index (χ3v) is 8.08. The normalized spacial score (nSPS) is 23.6. The van der Waals surface area contributed by atoms with Gasteiger partial charge in [0.1, 0.15) is 22.1 Å². The summed E-state index contributed by atoms with van der Waals surface area (Å²) in [5.74, 6) is -1.79. The molecule has 3 aromatic rings. The molecule has 0 spiro atoms. The van der Waals surface area contributed by atoms with Crippen molar-refractivity contribution in [1.82, 2.24) is 15.6 Å². The maximum atomic E-state index is 15.1. The summed E-state index contributed by atoms with van der Waals surface area (Å²) in [5.41, 5.74) is 7.79. The van der Waals surface area contributed by atoms with Crippen LogP contribution in [0.2, 0.25) is 0 Å². The summed E-state index contributed by atoms with van der Waals surface area (Å²) >= 11 is 1.22. The topological polar surface area (TPSA) is 92.5 Å². The number of pyridine rings is 1. The number of nitrogens with zero attached hydrogens (tertiary/aromatic N) is 2. The van der Waals surface area contributed by atoms with Crippen LogP contribution in [0, 0.1) is 18.6 Å². The number of halogens is 2. The van der Waals surface area contributed by atoms with Gasteiger partial charge in [0.25, 0.3) is 5.91 Å². The molecule has 34 heavy (non-hydrogen) atoms. The maximum Gasteiger partial charge on any atom is 0.263 e. The van der Waals surface area contributed by atoms with E-state index in [9.17, 15) is 4.79 Å². The highest BCUT2D eigenvalue weighted by atomic mass is 32.1. The van der Waals surface area contributed by atoms with E-state index < -0.39 is 17.7 Å². The lowest BCUT2D eigenvalue weighted by atomic mass is 10.00. The van der Waals surface area contributed by atoms with E-state index >= 15 is 8.78 Å². The fourth-order valence-corrected chi connectivity index (χ4v) is 6.31. The summed E-state index contributed by atoms with van der Waals surface area (Å²) in [6.07, 6.45) is 2.24. The predicted octanol–water partition coefficient (Wildman–Crippen LogP) is 3.14. The van der Waals surface area contributed by atoms with Gasteiger partial charge >= 0.3 is 0 Å². The highest BCUT2D eigenvalue weighted by Gasteiger charge is 2.35. The number of benzene rings is 1. The molecule has 3 aliphatic heterocycles. The van der Waals surface area contributed by atoms with Crippen LogP contribution in [0.15, 0.2) is 18.2 Å². The Morgan fingerprint density at radius 1 is 1.26 bits per heavy atom. The lowest BCUT2D eigenvalue weighted by Gasteiger charge is -2.36. The molecule has 4 N–H and O–H groups in total. The molecule has 178 valence electrons. The van der Waals surface area contributed by atoms with Gasteiger partial charge in [0.2, 0.25) is 0 Å². The Hall–Kier alpha value is -2.98. The number of nitrogens with two attached hydrogens (primary N) is 1. The molecule has 0 radical (unpaired) electrons. The van der Waals surface area contributed by atoms with Gasteiger partial charge in [-0.05, 0) is 31.9 Å². The number of nitrogens with one attached hydrogen (secondary N) is 2. The predicted molar refractivity (Wildman–Crippen MR) is 128 cm³/mol. The number of nitrogen functional groups attached to an aromatic ring is 1. The molecule has 1 aromatic carbocycles. The quantitative estimate of drug-likeness (QED) is 0.528. The van der Waals surface area contributed by atoms with Crippen molar-refractivity contribution in [3.05, 3.63) is 46.0 Å². The molecule has 7 nitrogen and oxygen atoms in total. The molecule has 0 saturated carbocycles. The lowest BCUT2D eigenvalue weighted by molar-refractivity contribution is 0.0919. The third-order valence-electron chi connectivity index (χ3n) is 6.97. The lowest BCUT2D eigenvalue weighted by Crippen LogP contribution is -2.51. The Labute approximate surface area is 199 Å². The number of amides is 1. The van der Waals surface area contributed by atoms with Gasteiger partial charge in [-0.25, -0.2) is 13.8 Å². The van der Waals surface area contributed by atoms with Crippen LogP contribution in [0.3, 0.4) is 0 Å². The van der Waals surface area contributed by atoms with Crippen LogP contribution in [-0.2, 0) is 6.42 Å². The first-order chi connectivity index (χ1) is 16.4. The molecular formula is C24H25F2N5O2S. The average molecular weight is 486 g/mol. The zero-order valence-corrected chi connectivity index (χ0v) is 19.5. The van der Waals surface area contributed by atoms with Crippen LogP contribution in [-0.4, -0.2) is 48.7 Å². The molecule has 2 saturated heterocycles. The molecule has 5 heterocycles. The van der Waals surface area contributed by atoms with E-state index in [4.69, 9.17) is 10.5 Å². The highest BCUT2D eigenvalue weighted by molar-refractivity contribution is 7.21. The zero-order valence-electron chi connectivity index (χ0n) is 18.7. The van der Waals surface area contributed by atoms with E-state index in [1.54, 1.807) is 6.07 Å². The van der Waals surface area contributed by atoms with Crippen LogP contribution < -0.4 is 26.0 Å². The number of carbonyl (C=O) groups is 1. The number of hydrogen-bond acceptors (Lipinski definition) is 7. The Bertz CT molecular complexity index is 1300. The number of carbonyl (C=O) groups excluding carboxylic acids is 1. The monoisotopic (exact) mass is 485 g/mol. The van der Waals surface area contributed by atoms with Crippen LogP contribution in [0.5, 0.6) is 5.75 Å². The standard InChI is InChI=1S/C24H25F2N5O2S/c1-11-2-5-15-21(27)22(34-24(15)28-11)23(32)30-14-6-16-18(33-10-14)7-17(20(26)19(16)25)31-8-12-3-4-13(9-31)29-12/h2,5,7,12-14,29H,3-4,6,8-10,27H2,1H3,(H,30,32)/t12?,13?,14-/m0/s1. The van der Waals surface area contributed by atoms with Gasteiger partial charge in [-0.2, -0.15) is 0 Å². The van der Waals surface area contributed by atoms with E-state index in [0.717, 1.165) is 23.9 Å². The molecular weight excluding hydrogens is 460 g/mol. The summed E-state index contributed by atoms with van der Waals surface area (Å²) in [6.45, 7) is 3.33. The van der Waals surface area contributed by atoms with Gasteiger partial charge in [0.15, 0.2) is 11.6 Å². The molecule has 1 amide bonds. The van der Waals surface area contributed by atoms with Crippen molar-refractivity contribution < 1.29 is 18.3 Å². The van der Waals surface area contributed by atoms with E-state index in [1.165, 1.54) is 11.3 Å². The second-order valence-corrected chi connectivity index (χ2v) is 10.4. The number of fused-ring (bicyclic) bond motifs is 4. The van der Waals surface area contributed by atoms with Gasteiger partial charge in [-0.3, -0.25) is 4.79 Å². The van der Waals surface area contributed by atoms with E-state index in [2.05, 4.69) is 15.6 Å². The van der Waals surface area contributed by atoms with E-state index in [1.807, 2.05) is 24.0 Å². The fourth-order valence-electron chi connectivity index (χ4n) is 5.27. The number of thiophene rings is 1. The maximum absolute atomic E-state index is 15.1. The van der Waals surface area contributed by atoms with Crippen LogP contribution in [0.25, 0.3) is 10.2 Å². The molecule has 2 bridgehead atoms. The summed E-state index contributed by atoms with van der Waals surface area (Å²) in [6, 6.07) is 5.40. The number of aromatic nitrogens is 1. The first-order valence-electron chi connectivity index (χ1n) is 11.5. The van der Waals surface area contributed by atoms with Crippen LogP contribution >= 0.6 is 11.3 Å². The summed E-state index contributed by atoms with van der Waals surface area (Å²) < 4.78 is 36.1. The summed E-state index contributed by atoms with van der Waals surface area (Å²) in [5, 5.41) is 7.10. The van der Waals surface area contributed by atoms with Crippen LogP contribution in [0.1, 0.15) is 33.8 Å². The van der Waals surface area contributed by atoms with Crippen molar-refractivity contribution in [1.29, 1.82) is 0 Å². The van der Waals surface area contributed by atoms with Gasteiger partial charge < -0.3 is 26.0 Å². The molecule has 3 aliphatic rings.